The summed E-state index contributed by atoms with van der Waals surface area (Å²) in [5.74, 6) is -0.678. The van der Waals surface area contributed by atoms with Crippen molar-refractivity contribution in [3.63, 3.8) is 0 Å². The number of carbonyl (C=O) groups excluding carboxylic acids is 2. The summed E-state index contributed by atoms with van der Waals surface area (Å²) in [4.78, 5) is 22.8. The van der Waals surface area contributed by atoms with Gasteiger partial charge in [0.1, 0.15) is 5.76 Å². The summed E-state index contributed by atoms with van der Waals surface area (Å²) in [6, 6.07) is 10.6. The fourth-order valence-electron chi connectivity index (χ4n) is 1.87. The molecule has 22 heavy (non-hydrogen) atoms. The second kappa shape index (κ2) is 6.11. The van der Waals surface area contributed by atoms with Gasteiger partial charge in [0, 0.05) is 0 Å². The topological polar surface area (TPSA) is 81.4 Å². The van der Waals surface area contributed by atoms with E-state index in [1.807, 2.05) is 0 Å². The average Bonchev–Trinajstić information content (AvgIpc) is 2.94. The predicted octanol–water partition coefficient (Wildman–Crippen LogP) is 2.67. The lowest BCUT2D eigenvalue weighted by Gasteiger charge is -2.00. The molecule has 0 aliphatic heterocycles. The summed E-state index contributed by atoms with van der Waals surface area (Å²) in [6.45, 7) is 2.52. The zero-order valence-corrected chi connectivity index (χ0v) is 12.9. The number of hydrogen-bond acceptors (Lipinski definition) is 5. The third-order valence-corrected chi connectivity index (χ3v) is 4.61. The number of furan rings is 1. The maximum atomic E-state index is 12.4. The molecule has 114 valence electrons. The molecule has 1 aromatic heterocycles. The summed E-state index contributed by atoms with van der Waals surface area (Å²) < 4.78 is 30.0. The number of rotatable bonds is 5. The van der Waals surface area contributed by atoms with Crippen LogP contribution in [0, 0.1) is 0 Å². The van der Waals surface area contributed by atoms with Crippen LogP contribution in [0.25, 0.3) is 6.08 Å². The Balaban J connectivity index is 2.43. The van der Waals surface area contributed by atoms with Crippen molar-refractivity contribution < 1.29 is 22.4 Å². The number of sulfone groups is 1. The predicted molar refractivity (Wildman–Crippen MR) is 79.9 cm³/mol. The fourth-order valence-corrected chi connectivity index (χ4v) is 3.07. The van der Waals surface area contributed by atoms with Crippen LogP contribution in [0.5, 0.6) is 0 Å². The molecule has 0 radical (unpaired) electrons. The minimum atomic E-state index is -3.76. The molecule has 2 aromatic rings. The van der Waals surface area contributed by atoms with Crippen molar-refractivity contribution in [1.82, 2.24) is 0 Å². The Labute approximate surface area is 128 Å². The first-order valence-electron chi connectivity index (χ1n) is 6.46. The zero-order chi connectivity index (χ0) is 16.3. The van der Waals surface area contributed by atoms with Crippen molar-refractivity contribution in [2.45, 2.75) is 23.8 Å². The molecular formula is C16H14O5S. The maximum absolute atomic E-state index is 12.4. The highest BCUT2D eigenvalue weighted by molar-refractivity contribution is 7.91. The monoisotopic (exact) mass is 318 g/mol. The maximum Gasteiger partial charge on any atom is 0.239 e. The van der Waals surface area contributed by atoms with Crippen LogP contribution >= 0.6 is 0 Å². The molecule has 0 atom stereocenters. The SMILES string of the molecule is CC(=O)C(=Cc1ccc(S(=O)(=O)c2ccccc2)o1)C(C)=O. The van der Waals surface area contributed by atoms with E-state index in [4.69, 9.17) is 4.42 Å². The minimum absolute atomic E-state index is 0.0435. The molecule has 5 nitrogen and oxygen atoms in total. The Morgan fingerprint density at radius 1 is 0.955 bits per heavy atom. The van der Waals surface area contributed by atoms with E-state index < -0.39 is 21.4 Å². The van der Waals surface area contributed by atoms with Crippen molar-refractivity contribution in [1.29, 1.82) is 0 Å². The van der Waals surface area contributed by atoms with E-state index in [9.17, 15) is 18.0 Å². The molecule has 0 bridgehead atoms. The van der Waals surface area contributed by atoms with Gasteiger partial charge >= 0.3 is 0 Å². The Morgan fingerprint density at radius 2 is 1.55 bits per heavy atom. The Kier molecular flexibility index (Phi) is 4.42. The molecule has 1 aromatic carbocycles. The number of ketones is 2. The second-order valence-electron chi connectivity index (χ2n) is 4.64. The van der Waals surface area contributed by atoms with E-state index in [1.165, 1.54) is 44.2 Å². The number of hydrogen-bond donors (Lipinski definition) is 0. The smallest absolute Gasteiger partial charge is 0.239 e. The lowest BCUT2D eigenvalue weighted by Crippen LogP contribution is -2.05. The first kappa shape index (κ1) is 15.9. The number of benzene rings is 1. The summed E-state index contributed by atoms with van der Waals surface area (Å²) in [5, 5.41) is -0.239. The van der Waals surface area contributed by atoms with Gasteiger partial charge in [0.25, 0.3) is 0 Å². The van der Waals surface area contributed by atoms with Crippen LogP contribution in [0.15, 0.2) is 62.4 Å². The lowest BCUT2D eigenvalue weighted by molar-refractivity contribution is -0.119. The van der Waals surface area contributed by atoms with Crippen molar-refractivity contribution in [3.8, 4) is 0 Å². The third-order valence-electron chi connectivity index (χ3n) is 2.97. The van der Waals surface area contributed by atoms with Crippen LogP contribution in [0.3, 0.4) is 0 Å². The highest BCUT2D eigenvalue weighted by Crippen LogP contribution is 2.23. The van der Waals surface area contributed by atoms with Crippen LogP contribution in [-0.2, 0) is 19.4 Å². The quantitative estimate of drug-likeness (QED) is 0.481. The first-order valence-corrected chi connectivity index (χ1v) is 7.94. The highest BCUT2D eigenvalue weighted by atomic mass is 32.2. The summed E-state index contributed by atoms with van der Waals surface area (Å²) in [6.07, 6.45) is 1.24. The second-order valence-corrected chi connectivity index (χ2v) is 6.52. The van der Waals surface area contributed by atoms with E-state index in [2.05, 4.69) is 0 Å². The van der Waals surface area contributed by atoms with Crippen LogP contribution in [0.1, 0.15) is 19.6 Å². The van der Waals surface area contributed by atoms with Crippen LogP contribution in [-0.4, -0.2) is 20.0 Å². The molecule has 0 saturated carbocycles. The van der Waals surface area contributed by atoms with E-state index in [1.54, 1.807) is 18.2 Å². The Hall–Kier alpha value is -2.47. The van der Waals surface area contributed by atoms with Crippen molar-refractivity contribution in [2.75, 3.05) is 0 Å². The Morgan fingerprint density at radius 3 is 2.09 bits per heavy atom. The molecule has 0 N–H and O–H groups in total. The molecule has 6 heteroatoms. The van der Waals surface area contributed by atoms with Crippen molar-refractivity contribution in [3.05, 3.63) is 53.8 Å². The lowest BCUT2D eigenvalue weighted by atomic mass is 10.1. The van der Waals surface area contributed by atoms with Gasteiger partial charge in [-0.15, -0.1) is 0 Å². The molecule has 1 heterocycles. The van der Waals surface area contributed by atoms with Crippen molar-refractivity contribution >= 4 is 27.5 Å². The third kappa shape index (κ3) is 3.23. The van der Waals surface area contributed by atoms with Gasteiger partial charge in [-0.3, -0.25) is 9.59 Å². The molecule has 0 saturated heterocycles. The average molecular weight is 318 g/mol. The van der Waals surface area contributed by atoms with Crippen LogP contribution in [0.2, 0.25) is 0 Å². The highest BCUT2D eigenvalue weighted by Gasteiger charge is 2.21. The summed E-state index contributed by atoms with van der Waals surface area (Å²) in [5.41, 5.74) is -0.0435. The summed E-state index contributed by atoms with van der Waals surface area (Å²) >= 11 is 0. The van der Waals surface area contributed by atoms with Gasteiger partial charge in [-0.25, -0.2) is 8.42 Å². The van der Waals surface area contributed by atoms with E-state index in [0.717, 1.165) is 0 Å². The van der Waals surface area contributed by atoms with Gasteiger partial charge in [-0.1, -0.05) is 18.2 Å². The number of Topliss-reactive ketones (excluding diaryl/α,β-unsaturated/α-hetero) is 2. The Bertz CT molecular complexity index is 826. The van der Waals surface area contributed by atoms with Gasteiger partial charge in [-0.2, -0.15) is 0 Å². The molecule has 0 fully saturated rings. The molecular weight excluding hydrogens is 304 g/mol. The molecule has 0 aliphatic carbocycles. The largest absolute Gasteiger partial charge is 0.445 e. The van der Waals surface area contributed by atoms with Crippen molar-refractivity contribution in [2.24, 2.45) is 0 Å². The van der Waals surface area contributed by atoms with Gasteiger partial charge in [0.05, 0.1) is 10.5 Å². The van der Waals surface area contributed by atoms with Gasteiger partial charge in [0.2, 0.25) is 14.9 Å². The first-order chi connectivity index (χ1) is 10.3. The normalized spacial score (nSPS) is 11.0. The molecule has 0 unspecified atom stereocenters. The van der Waals surface area contributed by atoms with Gasteiger partial charge < -0.3 is 4.42 Å². The molecule has 2 rings (SSSR count). The van der Waals surface area contributed by atoms with E-state index in [-0.39, 0.29) is 21.3 Å². The zero-order valence-electron chi connectivity index (χ0n) is 12.1. The number of carbonyl (C=O) groups is 2. The van der Waals surface area contributed by atoms with E-state index >= 15 is 0 Å². The van der Waals surface area contributed by atoms with E-state index in [0.29, 0.717) is 0 Å². The van der Waals surface area contributed by atoms with Crippen LogP contribution in [0.4, 0.5) is 0 Å². The molecule has 0 amide bonds. The number of allylic oxidation sites excluding steroid dienone is 1. The fraction of sp³-hybridized carbons (Fsp3) is 0.125. The van der Waals surface area contributed by atoms with Crippen LogP contribution < -0.4 is 0 Å². The van der Waals surface area contributed by atoms with Gasteiger partial charge in [-0.05, 0) is 44.2 Å². The van der Waals surface area contributed by atoms with Gasteiger partial charge in [0.15, 0.2) is 11.6 Å². The minimum Gasteiger partial charge on any atom is -0.445 e. The molecule has 0 aliphatic rings. The summed E-state index contributed by atoms with van der Waals surface area (Å²) in [7, 11) is -3.76. The molecule has 0 spiro atoms. The standard InChI is InChI=1S/C16H14O5S/c1-11(17)15(12(2)18)10-13-8-9-16(21-13)22(19,20)14-6-4-3-5-7-14/h3-10H,1-2H3.